The lowest BCUT2D eigenvalue weighted by Crippen LogP contribution is -2.34. The number of nitrogens with zero attached hydrogens (tertiary/aromatic N) is 4. The number of alkyl carbamates (subject to hydrolysis) is 1. The summed E-state index contributed by atoms with van der Waals surface area (Å²) in [6, 6.07) is 6.33. The lowest BCUT2D eigenvalue weighted by molar-refractivity contribution is 0.0489. The van der Waals surface area contributed by atoms with Crippen molar-refractivity contribution in [2.45, 2.75) is 26.4 Å². The molecule has 4 aromatic rings. The Morgan fingerprint density at radius 3 is 2.69 bits per heavy atom. The van der Waals surface area contributed by atoms with Crippen molar-refractivity contribution >= 4 is 27.5 Å². The van der Waals surface area contributed by atoms with Crippen molar-refractivity contribution in [3.63, 3.8) is 0 Å². The van der Waals surface area contributed by atoms with Crippen molar-refractivity contribution in [1.82, 2.24) is 25.3 Å². The number of thiophene rings is 1. The Kier molecular flexibility index (Phi) is 7.80. The van der Waals surface area contributed by atoms with Crippen molar-refractivity contribution in [2.24, 2.45) is 7.05 Å². The number of halogens is 1. The number of nitrogens with one attached hydrogen (secondary N) is 1. The van der Waals surface area contributed by atoms with Crippen molar-refractivity contribution in [1.29, 1.82) is 0 Å². The van der Waals surface area contributed by atoms with Gasteiger partial charge in [0.2, 0.25) is 0 Å². The molecule has 0 spiro atoms. The lowest BCUT2D eigenvalue weighted by Gasteiger charge is -2.19. The summed E-state index contributed by atoms with van der Waals surface area (Å²) in [5.74, 6) is -0.0674. The number of hydrogen-bond donors (Lipinski definition) is 1. The third-order valence-corrected chi connectivity index (χ3v) is 5.88. The molecule has 1 amide bonds. The van der Waals surface area contributed by atoms with E-state index in [-0.39, 0.29) is 19.8 Å². The summed E-state index contributed by atoms with van der Waals surface area (Å²) in [6.45, 7) is 6.43. The second kappa shape index (κ2) is 11.0. The molecular weight excluding hydrogens is 485 g/mol. The van der Waals surface area contributed by atoms with Crippen LogP contribution in [-0.4, -0.2) is 58.0 Å². The molecule has 3 heterocycles. The van der Waals surface area contributed by atoms with Crippen LogP contribution in [0.1, 0.15) is 20.8 Å². The summed E-state index contributed by atoms with van der Waals surface area (Å²) in [7, 11) is 1.85. The van der Waals surface area contributed by atoms with Crippen molar-refractivity contribution in [2.75, 3.05) is 26.4 Å². The van der Waals surface area contributed by atoms with Gasteiger partial charge in [-0.1, -0.05) is 0 Å². The van der Waals surface area contributed by atoms with Gasteiger partial charge in [0.1, 0.15) is 35.2 Å². The standard InChI is InChI=1S/C25H28FN5O4S/c1-25(2,3)35-24(32)27-8-9-33-10-11-34-20-13-17(26)5-6-18(20)22-23-19(7-12-36-23)21(29-30-22)16-14-28-31(4)15-16/h5-7,12-15H,8-11H2,1-4H3,(H,27,32). The summed E-state index contributed by atoms with van der Waals surface area (Å²) in [5.41, 5.74) is 2.31. The molecule has 190 valence electrons. The average Bonchev–Trinajstić information content (AvgIpc) is 3.46. The van der Waals surface area contributed by atoms with Crippen molar-refractivity contribution in [3.8, 4) is 28.3 Å². The molecule has 0 aliphatic heterocycles. The van der Waals surface area contributed by atoms with Gasteiger partial charge in [0.25, 0.3) is 0 Å². The SMILES string of the molecule is Cn1cc(-c2nnc(-c3ccc(F)cc3OCCOCCNC(=O)OC(C)(C)C)c3sccc23)cn1. The molecule has 3 aromatic heterocycles. The van der Waals surface area contributed by atoms with Gasteiger partial charge in [-0.25, -0.2) is 9.18 Å². The Bertz CT molecular complexity index is 1350. The number of hydrogen-bond acceptors (Lipinski definition) is 8. The molecule has 36 heavy (non-hydrogen) atoms. The van der Waals surface area contributed by atoms with Gasteiger partial charge < -0.3 is 19.5 Å². The maximum Gasteiger partial charge on any atom is 0.407 e. The number of amides is 1. The first-order valence-electron chi connectivity index (χ1n) is 11.4. The van der Waals surface area contributed by atoms with Crippen LogP contribution >= 0.6 is 11.3 Å². The quantitative estimate of drug-likeness (QED) is 0.320. The summed E-state index contributed by atoms with van der Waals surface area (Å²) in [4.78, 5) is 11.6. The number of fused-ring (bicyclic) bond motifs is 1. The highest BCUT2D eigenvalue weighted by atomic mass is 32.1. The van der Waals surface area contributed by atoms with E-state index in [1.165, 1.54) is 23.5 Å². The zero-order valence-corrected chi connectivity index (χ0v) is 21.4. The molecule has 0 saturated carbocycles. The van der Waals surface area contributed by atoms with E-state index in [0.717, 1.165) is 21.3 Å². The molecule has 11 heteroatoms. The highest BCUT2D eigenvalue weighted by molar-refractivity contribution is 7.17. The van der Waals surface area contributed by atoms with Gasteiger partial charge >= 0.3 is 6.09 Å². The summed E-state index contributed by atoms with van der Waals surface area (Å²) >= 11 is 1.53. The highest BCUT2D eigenvalue weighted by Gasteiger charge is 2.18. The second-order valence-electron chi connectivity index (χ2n) is 8.99. The number of carbonyl (C=O) groups is 1. The zero-order valence-electron chi connectivity index (χ0n) is 20.6. The Morgan fingerprint density at radius 2 is 1.94 bits per heavy atom. The molecule has 4 rings (SSSR count). The molecule has 9 nitrogen and oxygen atoms in total. The largest absolute Gasteiger partial charge is 0.490 e. The van der Waals surface area contributed by atoms with E-state index in [4.69, 9.17) is 14.2 Å². The normalized spacial score (nSPS) is 11.6. The van der Waals surface area contributed by atoms with E-state index in [2.05, 4.69) is 20.6 Å². The fraction of sp³-hybridized carbons (Fsp3) is 0.360. The predicted octanol–water partition coefficient (Wildman–Crippen LogP) is 4.82. The summed E-state index contributed by atoms with van der Waals surface area (Å²) in [5, 5.41) is 18.7. The van der Waals surface area contributed by atoms with Crippen LogP contribution in [0.5, 0.6) is 5.75 Å². The highest BCUT2D eigenvalue weighted by Crippen LogP contribution is 2.39. The Balaban J connectivity index is 1.41. The number of aryl methyl sites for hydroxylation is 1. The van der Waals surface area contributed by atoms with Crippen LogP contribution in [0, 0.1) is 5.82 Å². The minimum Gasteiger partial charge on any atom is -0.490 e. The number of aromatic nitrogens is 4. The van der Waals surface area contributed by atoms with Gasteiger partial charge in [-0.3, -0.25) is 4.68 Å². The minimum absolute atomic E-state index is 0.192. The fourth-order valence-electron chi connectivity index (χ4n) is 3.47. The molecule has 0 saturated heterocycles. The topological polar surface area (TPSA) is 100 Å². The maximum absolute atomic E-state index is 14.1. The van der Waals surface area contributed by atoms with Crippen LogP contribution in [0.4, 0.5) is 9.18 Å². The van der Waals surface area contributed by atoms with Gasteiger partial charge in [0.15, 0.2) is 0 Å². The Morgan fingerprint density at radius 1 is 1.14 bits per heavy atom. The molecule has 0 aliphatic rings. The number of rotatable bonds is 9. The van der Waals surface area contributed by atoms with E-state index < -0.39 is 17.5 Å². The van der Waals surface area contributed by atoms with Crippen LogP contribution in [0.3, 0.4) is 0 Å². The van der Waals surface area contributed by atoms with Gasteiger partial charge in [-0.05, 0) is 44.4 Å². The van der Waals surface area contributed by atoms with E-state index >= 15 is 0 Å². The smallest absolute Gasteiger partial charge is 0.407 e. The Labute approximate surface area is 212 Å². The monoisotopic (exact) mass is 513 g/mol. The molecular formula is C25H28FN5O4S. The van der Waals surface area contributed by atoms with E-state index in [0.29, 0.717) is 23.6 Å². The molecule has 0 bridgehead atoms. The van der Waals surface area contributed by atoms with Gasteiger partial charge in [0, 0.05) is 42.4 Å². The van der Waals surface area contributed by atoms with E-state index in [9.17, 15) is 9.18 Å². The summed E-state index contributed by atoms with van der Waals surface area (Å²) < 4.78 is 33.2. The maximum atomic E-state index is 14.1. The first-order valence-corrected chi connectivity index (χ1v) is 12.3. The molecule has 0 aliphatic carbocycles. The number of ether oxygens (including phenoxy) is 3. The molecule has 0 unspecified atom stereocenters. The van der Waals surface area contributed by atoms with Gasteiger partial charge in [0.05, 0.1) is 24.1 Å². The van der Waals surface area contributed by atoms with E-state index in [1.807, 2.05) is 24.7 Å². The first kappa shape index (κ1) is 25.5. The second-order valence-corrected chi connectivity index (χ2v) is 9.91. The number of carbonyl (C=O) groups excluding carboxylic acids is 1. The van der Waals surface area contributed by atoms with E-state index in [1.54, 1.807) is 37.7 Å². The molecule has 0 radical (unpaired) electrons. The van der Waals surface area contributed by atoms with Gasteiger partial charge in [-0.2, -0.15) is 5.10 Å². The van der Waals surface area contributed by atoms with Crippen LogP contribution in [0.25, 0.3) is 32.6 Å². The average molecular weight is 514 g/mol. The van der Waals surface area contributed by atoms with Crippen LogP contribution < -0.4 is 10.1 Å². The minimum atomic E-state index is -0.556. The third kappa shape index (κ3) is 6.35. The lowest BCUT2D eigenvalue weighted by atomic mass is 10.1. The summed E-state index contributed by atoms with van der Waals surface area (Å²) in [6.07, 6.45) is 3.13. The molecule has 1 N–H and O–H groups in total. The number of benzene rings is 1. The van der Waals surface area contributed by atoms with Crippen LogP contribution in [0.2, 0.25) is 0 Å². The van der Waals surface area contributed by atoms with Crippen molar-refractivity contribution < 1.29 is 23.4 Å². The van der Waals surface area contributed by atoms with Crippen molar-refractivity contribution in [3.05, 3.63) is 47.9 Å². The Hall–Kier alpha value is -3.57. The fourth-order valence-corrected chi connectivity index (χ4v) is 4.37. The molecule has 1 aromatic carbocycles. The van der Waals surface area contributed by atoms with Crippen LogP contribution in [0.15, 0.2) is 42.0 Å². The third-order valence-electron chi connectivity index (χ3n) is 4.96. The first-order chi connectivity index (χ1) is 17.2. The zero-order chi connectivity index (χ0) is 25.7. The molecule has 0 fully saturated rings. The molecule has 0 atom stereocenters. The van der Waals surface area contributed by atoms with Crippen LogP contribution in [-0.2, 0) is 16.5 Å². The van der Waals surface area contributed by atoms with Gasteiger partial charge in [-0.15, -0.1) is 21.5 Å². The predicted molar refractivity (Wildman–Crippen MR) is 136 cm³/mol.